The molecule has 0 aliphatic carbocycles. The van der Waals surface area contributed by atoms with Crippen LogP contribution in [0.3, 0.4) is 0 Å². The molecule has 0 saturated carbocycles. The predicted octanol–water partition coefficient (Wildman–Crippen LogP) is 5.83. The first-order valence-corrected chi connectivity index (χ1v) is 14.9. The highest BCUT2D eigenvalue weighted by molar-refractivity contribution is 7.92. The van der Waals surface area contributed by atoms with Gasteiger partial charge in [0.25, 0.3) is 10.0 Å². The highest BCUT2D eigenvalue weighted by atomic mass is 35.5. The van der Waals surface area contributed by atoms with Crippen molar-refractivity contribution in [1.82, 2.24) is 10.2 Å². The first kappa shape index (κ1) is 30.5. The van der Waals surface area contributed by atoms with E-state index in [2.05, 4.69) is 5.32 Å². The van der Waals surface area contributed by atoms with Gasteiger partial charge in [-0.25, -0.2) is 8.42 Å². The van der Waals surface area contributed by atoms with Crippen molar-refractivity contribution in [3.8, 4) is 0 Å². The summed E-state index contributed by atoms with van der Waals surface area (Å²) in [6.07, 6.45) is 1.72. The number of nitrogens with one attached hydrogen (secondary N) is 1. The number of aryl methyl sites for hydroxylation is 1. The summed E-state index contributed by atoms with van der Waals surface area (Å²) in [6.45, 7) is 5.52. The highest BCUT2D eigenvalue weighted by Gasteiger charge is 2.33. The molecule has 1 N–H and O–H groups in total. The first-order chi connectivity index (χ1) is 18.5. The molecule has 0 bridgehead atoms. The number of hydrogen-bond donors (Lipinski definition) is 1. The number of carbonyl (C=O) groups is 2. The Labute approximate surface area is 240 Å². The average molecular weight is 591 g/mol. The minimum absolute atomic E-state index is 0.00226. The second kappa shape index (κ2) is 13.8. The summed E-state index contributed by atoms with van der Waals surface area (Å²) >= 11 is 12.0. The zero-order valence-electron chi connectivity index (χ0n) is 22.2. The molecule has 0 heterocycles. The third-order valence-electron chi connectivity index (χ3n) is 6.33. The van der Waals surface area contributed by atoms with E-state index in [1.807, 2.05) is 6.92 Å². The Bertz CT molecular complexity index is 1380. The van der Waals surface area contributed by atoms with Gasteiger partial charge in [0.15, 0.2) is 0 Å². The van der Waals surface area contributed by atoms with Crippen molar-refractivity contribution in [3.63, 3.8) is 0 Å². The van der Waals surface area contributed by atoms with Gasteiger partial charge in [0.05, 0.1) is 10.6 Å². The van der Waals surface area contributed by atoms with Crippen LogP contribution in [0.25, 0.3) is 0 Å². The molecule has 0 spiro atoms. The fraction of sp³-hybridized carbons (Fsp3) is 0.310. The quantitative estimate of drug-likeness (QED) is 0.269. The van der Waals surface area contributed by atoms with Crippen LogP contribution in [-0.2, 0) is 26.2 Å². The molecule has 39 heavy (non-hydrogen) atoms. The van der Waals surface area contributed by atoms with Crippen LogP contribution < -0.4 is 9.62 Å². The Morgan fingerprint density at radius 1 is 0.923 bits per heavy atom. The van der Waals surface area contributed by atoms with E-state index in [9.17, 15) is 18.0 Å². The van der Waals surface area contributed by atoms with Crippen molar-refractivity contribution in [2.45, 2.75) is 51.1 Å². The van der Waals surface area contributed by atoms with Gasteiger partial charge in [-0.15, -0.1) is 0 Å². The van der Waals surface area contributed by atoms with Gasteiger partial charge in [0, 0.05) is 23.1 Å². The largest absolute Gasteiger partial charge is 0.354 e. The number of rotatable bonds is 12. The minimum atomic E-state index is -4.15. The molecular weight excluding hydrogens is 557 g/mol. The first-order valence-electron chi connectivity index (χ1n) is 12.7. The standard InChI is InChI=1S/C29H33Cl2N3O4S/c1-4-5-18-32-29(36)22(3)33(19-23-10-12-24(30)13-11-23)28(35)20-34(27-9-7-6-8-21(27)2)39(37,38)26-16-14-25(31)15-17-26/h6-17,22H,4-5,18-20H2,1-3H3,(H,32,36). The van der Waals surface area contributed by atoms with Crippen LogP contribution in [0.4, 0.5) is 5.69 Å². The molecule has 3 aromatic rings. The van der Waals surface area contributed by atoms with Gasteiger partial charge in [0.1, 0.15) is 12.6 Å². The van der Waals surface area contributed by atoms with Gasteiger partial charge in [0.2, 0.25) is 11.8 Å². The Balaban J connectivity index is 2.00. The van der Waals surface area contributed by atoms with E-state index in [1.54, 1.807) is 62.4 Å². The van der Waals surface area contributed by atoms with E-state index in [0.717, 1.165) is 22.7 Å². The fourth-order valence-corrected chi connectivity index (χ4v) is 5.73. The van der Waals surface area contributed by atoms with Gasteiger partial charge in [-0.1, -0.05) is 66.9 Å². The monoisotopic (exact) mass is 589 g/mol. The van der Waals surface area contributed by atoms with E-state index in [4.69, 9.17) is 23.2 Å². The third-order valence-corrected chi connectivity index (χ3v) is 8.61. The van der Waals surface area contributed by atoms with Gasteiger partial charge in [-0.3, -0.25) is 13.9 Å². The number of sulfonamides is 1. The smallest absolute Gasteiger partial charge is 0.264 e. The molecule has 1 atom stereocenters. The van der Waals surface area contributed by atoms with Crippen LogP contribution in [0.5, 0.6) is 0 Å². The molecule has 1 unspecified atom stereocenters. The summed E-state index contributed by atoms with van der Waals surface area (Å²) in [7, 11) is -4.15. The SMILES string of the molecule is CCCCNC(=O)C(C)N(Cc1ccc(Cl)cc1)C(=O)CN(c1ccccc1C)S(=O)(=O)c1ccc(Cl)cc1. The molecule has 7 nitrogen and oxygen atoms in total. The third kappa shape index (κ3) is 7.97. The lowest BCUT2D eigenvalue weighted by Crippen LogP contribution is -2.51. The van der Waals surface area contributed by atoms with Crippen molar-refractivity contribution in [3.05, 3.63) is 94.0 Å². The van der Waals surface area contributed by atoms with E-state index in [1.165, 1.54) is 29.2 Å². The average Bonchev–Trinajstić information content (AvgIpc) is 2.91. The van der Waals surface area contributed by atoms with Crippen LogP contribution in [0, 0.1) is 6.92 Å². The van der Waals surface area contributed by atoms with E-state index < -0.39 is 28.5 Å². The van der Waals surface area contributed by atoms with E-state index >= 15 is 0 Å². The number of halogens is 2. The number of unbranched alkanes of at least 4 members (excludes halogenated alkanes) is 1. The number of benzene rings is 3. The molecule has 3 rings (SSSR count). The number of nitrogens with zero attached hydrogens (tertiary/aromatic N) is 2. The van der Waals surface area contributed by atoms with Crippen LogP contribution >= 0.6 is 23.2 Å². The fourth-order valence-electron chi connectivity index (χ4n) is 4.00. The zero-order valence-corrected chi connectivity index (χ0v) is 24.6. The molecular formula is C29H33Cl2N3O4S. The maximum absolute atomic E-state index is 13.9. The van der Waals surface area contributed by atoms with Crippen molar-refractivity contribution >= 4 is 50.7 Å². The molecule has 208 valence electrons. The van der Waals surface area contributed by atoms with Gasteiger partial charge >= 0.3 is 0 Å². The highest BCUT2D eigenvalue weighted by Crippen LogP contribution is 2.28. The zero-order chi connectivity index (χ0) is 28.6. The molecule has 2 amide bonds. The van der Waals surface area contributed by atoms with Gasteiger partial charge in [-0.05, 0) is 73.9 Å². The summed E-state index contributed by atoms with van der Waals surface area (Å²) in [6, 6.07) is 18.8. The lowest BCUT2D eigenvalue weighted by Gasteiger charge is -2.32. The number of anilines is 1. The molecule has 0 fully saturated rings. The minimum Gasteiger partial charge on any atom is -0.354 e. The lowest BCUT2D eigenvalue weighted by atomic mass is 10.1. The number of hydrogen-bond acceptors (Lipinski definition) is 4. The van der Waals surface area contributed by atoms with Gasteiger partial charge < -0.3 is 10.2 Å². The molecule has 0 aromatic heterocycles. The van der Waals surface area contributed by atoms with Crippen LogP contribution in [0.1, 0.15) is 37.8 Å². The molecule has 10 heteroatoms. The van der Waals surface area contributed by atoms with E-state index in [0.29, 0.717) is 27.8 Å². The number of para-hydroxylation sites is 1. The van der Waals surface area contributed by atoms with E-state index in [-0.39, 0.29) is 17.3 Å². The van der Waals surface area contributed by atoms with Crippen LogP contribution in [0.15, 0.2) is 77.7 Å². The predicted molar refractivity (Wildman–Crippen MR) is 157 cm³/mol. The van der Waals surface area contributed by atoms with Crippen molar-refractivity contribution in [1.29, 1.82) is 0 Å². The number of carbonyl (C=O) groups excluding carboxylic acids is 2. The van der Waals surface area contributed by atoms with Crippen molar-refractivity contribution in [2.75, 3.05) is 17.4 Å². The molecule has 0 aliphatic heterocycles. The summed E-state index contributed by atoms with van der Waals surface area (Å²) in [4.78, 5) is 28.3. The van der Waals surface area contributed by atoms with Crippen molar-refractivity contribution in [2.24, 2.45) is 0 Å². The summed E-state index contributed by atoms with van der Waals surface area (Å²) in [5.41, 5.74) is 1.80. The summed E-state index contributed by atoms with van der Waals surface area (Å²) < 4.78 is 28.8. The summed E-state index contributed by atoms with van der Waals surface area (Å²) in [5, 5.41) is 3.81. The van der Waals surface area contributed by atoms with Crippen LogP contribution in [-0.4, -0.2) is 44.3 Å². The normalized spacial score (nSPS) is 12.0. The second-order valence-corrected chi connectivity index (χ2v) is 12.0. The second-order valence-electron chi connectivity index (χ2n) is 9.22. The maximum Gasteiger partial charge on any atom is 0.264 e. The Hall–Kier alpha value is -3.07. The lowest BCUT2D eigenvalue weighted by molar-refractivity contribution is -0.139. The van der Waals surface area contributed by atoms with Gasteiger partial charge in [-0.2, -0.15) is 0 Å². The summed E-state index contributed by atoms with van der Waals surface area (Å²) in [5.74, 6) is -0.836. The Morgan fingerprint density at radius 3 is 2.10 bits per heavy atom. The number of amides is 2. The Kier molecular flexibility index (Phi) is 10.8. The Morgan fingerprint density at radius 2 is 1.51 bits per heavy atom. The molecule has 0 saturated heterocycles. The molecule has 0 aliphatic rings. The molecule has 3 aromatic carbocycles. The van der Waals surface area contributed by atoms with Crippen molar-refractivity contribution < 1.29 is 18.0 Å². The van der Waals surface area contributed by atoms with Crippen LogP contribution in [0.2, 0.25) is 10.0 Å². The topological polar surface area (TPSA) is 86.8 Å². The maximum atomic E-state index is 13.9. The molecule has 0 radical (unpaired) electrons.